The van der Waals surface area contributed by atoms with Crippen molar-refractivity contribution in [1.82, 2.24) is 14.9 Å². The van der Waals surface area contributed by atoms with Crippen molar-refractivity contribution in [2.24, 2.45) is 5.92 Å². The molecule has 1 aromatic heterocycles. The van der Waals surface area contributed by atoms with E-state index in [0.29, 0.717) is 6.42 Å². The number of rotatable bonds is 3. The highest BCUT2D eigenvalue weighted by molar-refractivity contribution is 5.02. The van der Waals surface area contributed by atoms with Gasteiger partial charge in [-0.2, -0.15) is 0 Å². The van der Waals surface area contributed by atoms with Gasteiger partial charge in [-0.3, -0.25) is 0 Å². The van der Waals surface area contributed by atoms with Crippen LogP contribution in [0.15, 0.2) is 12.4 Å². The largest absolute Gasteiger partial charge is 0.389 e. The lowest BCUT2D eigenvalue weighted by molar-refractivity contribution is -0.0350. The first-order valence-electron chi connectivity index (χ1n) is 6.09. The highest BCUT2D eigenvalue weighted by Gasteiger charge is 2.37. The Morgan fingerprint density at radius 2 is 2.50 bits per heavy atom. The highest BCUT2D eigenvalue weighted by Crippen LogP contribution is 2.27. The standard InChI is InChI=1S/C12H21N3O/c1-3-15-7-6-14-11(15)8-12(16)4-5-13-9-10(12)2/h6-7,10,13,16H,3-5,8-9H2,1-2H3. The maximum Gasteiger partial charge on any atom is 0.111 e. The fourth-order valence-electron chi connectivity index (χ4n) is 2.39. The van der Waals surface area contributed by atoms with Gasteiger partial charge in [0.05, 0.1) is 5.60 Å². The summed E-state index contributed by atoms with van der Waals surface area (Å²) >= 11 is 0. The molecular weight excluding hydrogens is 202 g/mol. The quantitative estimate of drug-likeness (QED) is 0.797. The summed E-state index contributed by atoms with van der Waals surface area (Å²) in [4.78, 5) is 4.34. The molecule has 1 saturated heterocycles. The van der Waals surface area contributed by atoms with Gasteiger partial charge in [-0.05, 0) is 25.8 Å². The van der Waals surface area contributed by atoms with E-state index >= 15 is 0 Å². The number of piperidine rings is 1. The fourth-order valence-corrected chi connectivity index (χ4v) is 2.39. The second kappa shape index (κ2) is 4.55. The summed E-state index contributed by atoms with van der Waals surface area (Å²) in [5.74, 6) is 1.28. The van der Waals surface area contributed by atoms with Gasteiger partial charge in [0.2, 0.25) is 0 Å². The molecule has 2 atom stereocenters. The SMILES string of the molecule is CCn1ccnc1CC1(O)CCNCC1C. The van der Waals surface area contributed by atoms with Gasteiger partial charge in [0.25, 0.3) is 0 Å². The minimum Gasteiger partial charge on any atom is -0.389 e. The normalized spacial score (nSPS) is 30.6. The van der Waals surface area contributed by atoms with Crippen LogP contribution >= 0.6 is 0 Å². The van der Waals surface area contributed by atoms with Gasteiger partial charge in [-0.1, -0.05) is 6.92 Å². The maximum absolute atomic E-state index is 10.6. The molecule has 0 aliphatic carbocycles. The van der Waals surface area contributed by atoms with Gasteiger partial charge in [-0.25, -0.2) is 4.98 Å². The smallest absolute Gasteiger partial charge is 0.111 e. The van der Waals surface area contributed by atoms with Crippen LogP contribution in [0.25, 0.3) is 0 Å². The Hall–Kier alpha value is -0.870. The second-order valence-corrected chi connectivity index (χ2v) is 4.77. The number of imidazole rings is 1. The van der Waals surface area contributed by atoms with Gasteiger partial charge in [0.15, 0.2) is 0 Å². The zero-order chi connectivity index (χ0) is 11.6. The molecule has 0 bridgehead atoms. The monoisotopic (exact) mass is 223 g/mol. The van der Waals surface area contributed by atoms with Crippen molar-refractivity contribution in [2.75, 3.05) is 13.1 Å². The van der Waals surface area contributed by atoms with Gasteiger partial charge in [0.1, 0.15) is 5.82 Å². The molecular formula is C12H21N3O. The van der Waals surface area contributed by atoms with E-state index in [1.165, 1.54) is 0 Å². The van der Waals surface area contributed by atoms with Crippen LogP contribution < -0.4 is 5.32 Å². The lowest BCUT2D eigenvalue weighted by Crippen LogP contribution is -2.50. The molecule has 1 aromatic rings. The first-order chi connectivity index (χ1) is 7.65. The number of aliphatic hydroxyl groups is 1. The molecule has 2 unspecified atom stereocenters. The summed E-state index contributed by atoms with van der Waals surface area (Å²) < 4.78 is 2.10. The molecule has 0 spiro atoms. The zero-order valence-electron chi connectivity index (χ0n) is 10.1. The highest BCUT2D eigenvalue weighted by atomic mass is 16.3. The van der Waals surface area contributed by atoms with Crippen LogP contribution in [0.1, 0.15) is 26.1 Å². The predicted octanol–water partition coefficient (Wildman–Crippen LogP) is 0.806. The molecule has 0 radical (unpaired) electrons. The summed E-state index contributed by atoms with van der Waals surface area (Å²) in [5.41, 5.74) is -0.594. The molecule has 0 aromatic carbocycles. The molecule has 2 N–H and O–H groups in total. The third-order valence-corrected chi connectivity index (χ3v) is 3.71. The molecule has 0 amide bonds. The average Bonchev–Trinajstić information content (AvgIpc) is 2.70. The molecule has 1 aliphatic rings. The molecule has 4 nitrogen and oxygen atoms in total. The Bertz CT molecular complexity index is 350. The van der Waals surface area contributed by atoms with E-state index < -0.39 is 5.60 Å². The summed E-state index contributed by atoms with van der Waals surface area (Å²) in [6.07, 6.45) is 5.26. The number of hydrogen-bond acceptors (Lipinski definition) is 3. The molecule has 1 fully saturated rings. The van der Waals surface area contributed by atoms with E-state index in [0.717, 1.165) is 31.9 Å². The van der Waals surface area contributed by atoms with Crippen LogP contribution in [0.3, 0.4) is 0 Å². The van der Waals surface area contributed by atoms with E-state index in [9.17, 15) is 5.11 Å². The van der Waals surface area contributed by atoms with Gasteiger partial charge in [-0.15, -0.1) is 0 Å². The van der Waals surface area contributed by atoms with Crippen LogP contribution in [0, 0.1) is 5.92 Å². The molecule has 16 heavy (non-hydrogen) atoms. The van der Waals surface area contributed by atoms with Crippen molar-refractivity contribution in [3.63, 3.8) is 0 Å². The van der Waals surface area contributed by atoms with E-state index in [1.807, 2.05) is 12.4 Å². The van der Waals surface area contributed by atoms with Gasteiger partial charge in [0, 0.05) is 31.9 Å². The molecule has 4 heteroatoms. The van der Waals surface area contributed by atoms with E-state index in [1.54, 1.807) is 0 Å². The van der Waals surface area contributed by atoms with Crippen molar-refractivity contribution >= 4 is 0 Å². The Morgan fingerprint density at radius 3 is 3.19 bits per heavy atom. The van der Waals surface area contributed by atoms with Gasteiger partial charge < -0.3 is 15.0 Å². The Kier molecular flexibility index (Phi) is 3.30. The van der Waals surface area contributed by atoms with Crippen molar-refractivity contribution in [2.45, 2.75) is 38.8 Å². The van der Waals surface area contributed by atoms with Crippen molar-refractivity contribution in [1.29, 1.82) is 0 Å². The molecule has 90 valence electrons. The third-order valence-electron chi connectivity index (χ3n) is 3.71. The van der Waals surface area contributed by atoms with Crippen LogP contribution in [0.4, 0.5) is 0 Å². The zero-order valence-corrected chi connectivity index (χ0v) is 10.1. The van der Waals surface area contributed by atoms with Crippen molar-refractivity contribution < 1.29 is 5.11 Å². The number of nitrogens with zero attached hydrogens (tertiary/aromatic N) is 2. The van der Waals surface area contributed by atoms with Crippen molar-refractivity contribution in [3.05, 3.63) is 18.2 Å². The topological polar surface area (TPSA) is 50.1 Å². The lowest BCUT2D eigenvalue weighted by atomic mass is 9.80. The first kappa shape index (κ1) is 11.6. The van der Waals surface area contributed by atoms with Crippen LogP contribution in [-0.4, -0.2) is 33.3 Å². The van der Waals surface area contributed by atoms with E-state index in [4.69, 9.17) is 0 Å². The summed E-state index contributed by atoms with van der Waals surface area (Å²) in [7, 11) is 0. The fraction of sp³-hybridized carbons (Fsp3) is 0.750. The van der Waals surface area contributed by atoms with Crippen molar-refractivity contribution in [3.8, 4) is 0 Å². The summed E-state index contributed by atoms with van der Waals surface area (Å²) in [6, 6.07) is 0. The third kappa shape index (κ3) is 2.13. The Balaban J connectivity index is 2.13. The minimum absolute atomic E-state index is 0.281. The number of aryl methyl sites for hydroxylation is 1. The predicted molar refractivity (Wildman–Crippen MR) is 63.2 cm³/mol. The van der Waals surface area contributed by atoms with E-state index in [2.05, 4.69) is 28.7 Å². The first-order valence-corrected chi connectivity index (χ1v) is 6.09. The Morgan fingerprint density at radius 1 is 1.69 bits per heavy atom. The van der Waals surface area contributed by atoms with Crippen LogP contribution in [0.5, 0.6) is 0 Å². The molecule has 1 aliphatic heterocycles. The minimum atomic E-state index is -0.594. The lowest BCUT2D eigenvalue weighted by Gasteiger charge is -2.38. The average molecular weight is 223 g/mol. The summed E-state index contributed by atoms with van der Waals surface area (Å²) in [6.45, 7) is 6.90. The van der Waals surface area contributed by atoms with Gasteiger partial charge >= 0.3 is 0 Å². The number of aromatic nitrogens is 2. The second-order valence-electron chi connectivity index (χ2n) is 4.77. The number of hydrogen-bond donors (Lipinski definition) is 2. The Labute approximate surface area is 96.7 Å². The van der Waals surface area contributed by atoms with E-state index in [-0.39, 0.29) is 5.92 Å². The molecule has 2 rings (SSSR count). The molecule has 0 saturated carbocycles. The maximum atomic E-state index is 10.6. The summed E-state index contributed by atoms with van der Waals surface area (Å²) in [5, 5.41) is 13.9. The number of nitrogens with one attached hydrogen (secondary N) is 1. The van der Waals surface area contributed by atoms with Crippen LogP contribution in [-0.2, 0) is 13.0 Å². The van der Waals surface area contributed by atoms with Crippen LogP contribution in [0.2, 0.25) is 0 Å². The molecule has 2 heterocycles.